The van der Waals surface area contributed by atoms with Crippen molar-refractivity contribution in [3.8, 4) is 0 Å². The molecule has 1 N–H and O–H groups in total. The van der Waals surface area contributed by atoms with E-state index in [0.29, 0.717) is 10.8 Å². The second-order valence-corrected chi connectivity index (χ2v) is 4.54. The SMILES string of the molecule is CCCNC(=O)c1cnc(C(C)C)s1. The monoisotopic (exact) mass is 212 g/mol. The molecule has 78 valence electrons. The Bertz CT molecular complexity index is 307. The molecule has 1 heterocycles. The second kappa shape index (κ2) is 5.10. The lowest BCUT2D eigenvalue weighted by atomic mass is 10.2. The topological polar surface area (TPSA) is 42.0 Å². The van der Waals surface area contributed by atoms with Crippen LogP contribution in [0, 0.1) is 0 Å². The van der Waals surface area contributed by atoms with Crippen LogP contribution in [-0.4, -0.2) is 17.4 Å². The number of hydrogen-bond acceptors (Lipinski definition) is 3. The van der Waals surface area contributed by atoms with Gasteiger partial charge in [0.1, 0.15) is 4.88 Å². The standard InChI is InChI=1S/C10H16N2OS/c1-4-5-11-9(13)8-6-12-10(14-8)7(2)3/h6-7H,4-5H2,1-3H3,(H,11,13). The number of nitrogens with one attached hydrogen (secondary N) is 1. The van der Waals surface area contributed by atoms with Crippen molar-refractivity contribution in [1.29, 1.82) is 0 Å². The van der Waals surface area contributed by atoms with Crippen molar-refractivity contribution in [3.05, 3.63) is 16.1 Å². The zero-order valence-electron chi connectivity index (χ0n) is 8.83. The van der Waals surface area contributed by atoms with Crippen molar-refractivity contribution in [2.75, 3.05) is 6.54 Å². The fraction of sp³-hybridized carbons (Fsp3) is 0.600. The van der Waals surface area contributed by atoms with Gasteiger partial charge < -0.3 is 5.32 Å². The number of nitrogens with zero attached hydrogens (tertiary/aromatic N) is 1. The van der Waals surface area contributed by atoms with Crippen LogP contribution in [0.15, 0.2) is 6.20 Å². The van der Waals surface area contributed by atoms with Crippen LogP contribution in [0.1, 0.15) is 47.8 Å². The third kappa shape index (κ3) is 2.80. The maximum absolute atomic E-state index is 11.5. The largest absolute Gasteiger partial charge is 0.351 e. The first-order valence-electron chi connectivity index (χ1n) is 4.89. The van der Waals surface area contributed by atoms with E-state index in [1.165, 1.54) is 11.3 Å². The Balaban J connectivity index is 2.62. The van der Waals surface area contributed by atoms with E-state index in [0.717, 1.165) is 18.0 Å². The van der Waals surface area contributed by atoms with Crippen LogP contribution in [-0.2, 0) is 0 Å². The molecule has 1 aromatic heterocycles. The molecular formula is C10H16N2OS. The summed E-state index contributed by atoms with van der Waals surface area (Å²) >= 11 is 1.48. The van der Waals surface area contributed by atoms with Crippen molar-refractivity contribution >= 4 is 17.2 Å². The van der Waals surface area contributed by atoms with Gasteiger partial charge in [0.05, 0.1) is 11.2 Å². The molecule has 0 aliphatic carbocycles. The Morgan fingerprint density at radius 2 is 2.36 bits per heavy atom. The van der Waals surface area contributed by atoms with Crippen LogP contribution in [0.5, 0.6) is 0 Å². The summed E-state index contributed by atoms with van der Waals surface area (Å²) in [6.45, 7) is 6.92. The van der Waals surface area contributed by atoms with Crippen LogP contribution in [0.25, 0.3) is 0 Å². The molecule has 0 aliphatic heterocycles. The van der Waals surface area contributed by atoms with E-state index in [2.05, 4.69) is 24.1 Å². The van der Waals surface area contributed by atoms with Gasteiger partial charge in [0.15, 0.2) is 0 Å². The number of amides is 1. The Morgan fingerprint density at radius 1 is 1.64 bits per heavy atom. The molecule has 1 aromatic rings. The van der Waals surface area contributed by atoms with Crippen LogP contribution < -0.4 is 5.32 Å². The van der Waals surface area contributed by atoms with Gasteiger partial charge in [-0.15, -0.1) is 11.3 Å². The zero-order valence-corrected chi connectivity index (χ0v) is 9.65. The number of thiazole rings is 1. The first-order chi connectivity index (χ1) is 6.65. The van der Waals surface area contributed by atoms with Crippen molar-refractivity contribution < 1.29 is 4.79 Å². The smallest absolute Gasteiger partial charge is 0.263 e. The summed E-state index contributed by atoms with van der Waals surface area (Å²) in [6.07, 6.45) is 2.62. The Kier molecular flexibility index (Phi) is 4.07. The second-order valence-electron chi connectivity index (χ2n) is 3.47. The molecule has 0 aliphatic rings. The number of hydrogen-bond donors (Lipinski definition) is 1. The van der Waals surface area contributed by atoms with Gasteiger partial charge in [-0.25, -0.2) is 4.98 Å². The predicted molar refractivity (Wildman–Crippen MR) is 58.8 cm³/mol. The highest BCUT2D eigenvalue weighted by atomic mass is 32.1. The molecule has 0 fully saturated rings. The van der Waals surface area contributed by atoms with E-state index in [1.807, 2.05) is 6.92 Å². The summed E-state index contributed by atoms with van der Waals surface area (Å²) in [4.78, 5) is 16.4. The van der Waals surface area contributed by atoms with Gasteiger partial charge >= 0.3 is 0 Å². The van der Waals surface area contributed by atoms with Crippen molar-refractivity contribution in [1.82, 2.24) is 10.3 Å². The highest BCUT2D eigenvalue weighted by Gasteiger charge is 2.11. The van der Waals surface area contributed by atoms with Gasteiger partial charge in [-0.2, -0.15) is 0 Å². The van der Waals surface area contributed by atoms with E-state index in [9.17, 15) is 4.79 Å². The molecule has 0 saturated heterocycles. The summed E-state index contributed by atoms with van der Waals surface area (Å²) in [5.41, 5.74) is 0. The molecular weight excluding hydrogens is 196 g/mol. The number of carbonyl (C=O) groups excluding carboxylic acids is 1. The molecule has 0 saturated carbocycles. The Hall–Kier alpha value is -0.900. The Morgan fingerprint density at radius 3 is 2.86 bits per heavy atom. The van der Waals surface area contributed by atoms with E-state index >= 15 is 0 Å². The van der Waals surface area contributed by atoms with E-state index in [-0.39, 0.29) is 5.91 Å². The van der Waals surface area contributed by atoms with Crippen molar-refractivity contribution in [2.45, 2.75) is 33.1 Å². The minimum absolute atomic E-state index is 0.00347. The van der Waals surface area contributed by atoms with E-state index in [4.69, 9.17) is 0 Å². The lowest BCUT2D eigenvalue weighted by Crippen LogP contribution is -2.22. The molecule has 0 atom stereocenters. The van der Waals surface area contributed by atoms with Gasteiger partial charge in [0.2, 0.25) is 0 Å². The molecule has 0 aromatic carbocycles. The summed E-state index contributed by atoms with van der Waals surface area (Å²) < 4.78 is 0. The van der Waals surface area contributed by atoms with Crippen molar-refractivity contribution in [2.24, 2.45) is 0 Å². The molecule has 0 unspecified atom stereocenters. The minimum atomic E-state index is -0.00347. The van der Waals surface area contributed by atoms with Crippen LogP contribution in [0.4, 0.5) is 0 Å². The maximum Gasteiger partial charge on any atom is 0.263 e. The predicted octanol–water partition coefficient (Wildman–Crippen LogP) is 2.41. The Labute approximate surface area is 88.6 Å². The van der Waals surface area contributed by atoms with Crippen LogP contribution in [0.3, 0.4) is 0 Å². The molecule has 0 radical (unpaired) electrons. The molecule has 0 bridgehead atoms. The maximum atomic E-state index is 11.5. The fourth-order valence-corrected chi connectivity index (χ4v) is 1.82. The van der Waals surface area contributed by atoms with E-state index in [1.54, 1.807) is 6.20 Å². The summed E-state index contributed by atoms with van der Waals surface area (Å²) in [5, 5.41) is 3.85. The number of rotatable bonds is 4. The first kappa shape index (κ1) is 11.2. The fourth-order valence-electron chi connectivity index (χ4n) is 0.985. The molecule has 1 amide bonds. The van der Waals surface area contributed by atoms with Gasteiger partial charge in [0.25, 0.3) is 5.91 Å². The highest BCUT2D eigenvalue weighted by molar-refractivity contribution is 7.13. The molecule has 3 nitrogen and oxygen atoms in total. The van der Waals surface area contributed by atoms with Gasteiger partial charge in [-0.3, -0.25) is 4.79 Å². The lowest BCUT2D eigenvalue weighted by Gasteiger charge is -1.99. The summed E-state index contributed by atoms with van der Waals surface area (Å²) in [7, 11) is 0. The zero-order chi connectivity index (χ0) is 10.6. The normalized spacial score (nSPS) is 10.6. The van der Waals surface area contributed by atoms with Crippen LogP contribution in [0.2, 0.25) is 0 Å². The summed E-state index contributed by atoms with van der Waals surface area (Å²) in [6, 6.07) is 0. The highest BCUT2D eigenvalue weighted by Crippen LogP contribution is 2.20. The summed E-state index contributed by atoms with van der Waals surface area (Å²) in [5.74, 6) is 0.393. The minimum Gasteiger partial charge on any atom is -0.351 e. The average Bonchev–Trinajstić information content (AvgIpc) is 2.62. The molecule has 4 heteroatoms. The lowest BCUT2D eigenvalue weighted by molar-refractivity contribution is 0.0957. The van der Waals surface area contributed by atoms with Gasteiger partial charge in [-0.1, -0.05) is 20.8 Å². The first-order valence-corrected chi connectivity index (χ1v) is 5.70. The third-order valence-electron chi connectivity index (χ3n) is 1.78. The third-order valence-corrected chi connectivity index (χ3v) is 3.07. The van der Waals surface area contributed by atoms with Crippen LogP contribution >= 0.6 is 11.3 Å². The molecule has 14 heavy (non-hydrogen) atoms. The average molecular weight is 212 g/mol. The van der Waals surface area contributed by atoms with E-state index < -0.39 is 0 Å². The number of aromatic nitrogens is 1. The van der Waals surface area contributed by atoms with Gasteiger partial charge in [0, 0.05) is 12.5 Å². The number of carbonyl (C=O) groups is 1. The quantitative estimate of drug-likeness (QED) is 0.832. The van der Waals surface area contributed by atoms with Gasteiger partial charge in [-0.05, 0) is 6.42 Å². The molecule has 1 rings (SSSR count). The van der Waals surface area contributed by atoms with Crippen molar-refractivity contribution in [3.63, 3.8) is 0 Å². The molecule has 0 spiro atoms.